The second kappa shape index (κ2) is 8.96. The van der Waals surface area contributed by atoms with Crippen molar-refractivity contribution in [1.82, 2.24) is 0 Å². The molecule has 0 heterocycles. The van der Waals surface area contributed by atoms with E-state index in [0.717, 1.165) is 30.2 Å². The predicted octanol–water partition coefficient (Wildman–Crippen LogP) is 7.40. The molecule has 2 heteroatoms. The van der Waals surface area contributed by atoms with Crippen LogP contribution in [0.3, 0.4) is 0 Å². The summed E-state index contributed by atoms with van der Waals surface area (Å²) in [5.74, 6) is 1.38. The summed E-state index contributed by atoms with van der Waals surface area (Å²) in [7, 11) is 0. The molecular weight excluding hydrogens is 314 g/mol. The maximum absolute atomic E-state index is 13.4. The normalized spacial score (nSPS) is 30.7. The zero-order chi connectivity index (χ0) is 17.6. The molecule has 2 saturated carbocycles. The first-order chi connectivity index (χ1) is 12.2. The zero-order valence-electron chi connectivity index (χ0n) is 15.5. The second-order valence-electron chi connectivity index (χ2n) is 8.24. The van der Waals surface area contributed by atoms with Gasteiger partial charge < -0.3 is 0 Å². The molecule has 0 N–H and O–H groups in total. The molecule has 1 aromatic carbocycles. The number of rotatable bonds is 5. The van der Waals surface area contributed by atoms with Crippen molar-refractivity contribution in [3.05, 3.63) is 47.5 Å². The summed E-state index contributed by atoms with van der Waals surface area (Å²) in [5, 5.41) is 0. The SMILES string of the molecule is CCC[C@H]1CC[C@H](C=C[C@H]2CC[C@H](c3ccc(F)c(F)c3)CC2)CC1. The Hall–Kier alpha value is -1.18. The molecule has 1 aromatic rings. The summed E-state index contributed by atoms with van der Waals surface area (Å²) in [4.78, 5) is 0. The van der Waals surface area contributed by atoms with E-state index in [4.69, 9.17) is 0 Å². The van der Waals surface area contributed by atoms with E-state index in [9.17, 15) is 8.78 Å². The van der Waals surface area contributed by atoms with Crippen LogP contribution in [0.25, 0.3) is 0 Å². The van der Waals surface area contributed by atoms with Crippen LogP contribution in [0, 0.1) is 29.4 Å². The number of hydrogen-bond acceptors (Lipinski definition) is 0. The molecule has 0 amide bonds. The minimum absolute atomic E-state index is 0.393. The predicted molar refractivity (Wildman–Crippen MR) is 101 cm³/mol. The summed E-state index contributed by atoms with van der Waals surface area (Å²) in [6, 6.07) is 4.42. The van der Waals surface area contributed by atoms with Crippen LogP contribution in [0.4, 0.5) is 8.78 Å². The van der Waals surface area contributed by atoms with E-state index >= 15 is 0 Å². The van der Waals surface area contributed by atoms with Crippen molar-refractivity contribution in [1.29, 1.82) is 0 Å². The molecule has 0 spiro atoms. The lowest BCUT2D eigenvalue weighted by Gasteiger charge is -2.29. The highest BCUT2D eigenvalue weighted by molar-refractivity contribution is 5.22. The molecule has 0 radical (unpaired) electrons. The maximum Gasteiger partial charge on any atom is 0.159 e. The van der Waals surface area contributed by atoms with Crippen molar-refractivity contribution in [3.8, 4) is 0 Å². The standard InChI is InChI=1S/C23H32F2/c1-2-3-17-4-6-18(7-5-17)8-9-19-10-12-20(13-11-19)21-14-15-22(24)23(25)16-21/h8-9,14-20H,2-7,10-13H2,1H3/t17-,18-,19-,20-. The third-order valence-electron chi connectivity index (χ3n) is 6.43. The Bertz CT molecular complexity index is 561. The van der Waals surface area contributed by atoms with Gasteiger partial charge in [0, 0.05) is 0 Å². The number of allylic oxidation sites excluding steroid dienone is 2. The van der Waals surface area contributed by atoms with Crippen LogP contribution in [-0.2, 0) is 0 Å². The quantitative estimate of drug-likeness (QED) is 0.487. The molecule has 0 bridgehead atoms. The second-order valence-corrected chi connectivity index (χ2v) is 8.24. The molecule has 2 fully saturated rings. The number of halogens is 2. The van der Waals surface area contributed by atoms with Gasteiger partial charge in [0.2, 0.25) is 0 Å². The van der Waals surface area contributed by atoms with Gasteiger partial charge in [0.1, 0.15) is 0 Å². The monoisotopic (exact) mass is 346 g/mol. The highest BCUT2D eigenvalue weighted by atomic mass is 19.2. The maximum atomic E-state index is 13.4. The largest absolute Gasteiger partial charge is 0.204 e. The Kier molecular flexibility index (Phi) is 6.67. The van der Waals surface area contributed by atoms with Crippen molar-refractivity contribution in [2.24, 2.45) is 17.8 Å². The van der Waals surface area contributed by atoms with Gasteiger partial charge in [-0.15, -0.1) is 0 Å². The van der Waals surface area contributed by atoms with Crippen molar-refractivity contribution >= 4 is 0 Å². The van der Waals surface area contributed by atoms with Crippen LogP contribution in [0.15, 0.2) is 30.4 Å². The third-order valence-corrected chi connectivity index (χ3v) is 6.43. The summed E-state index contributed by atoms with van der Waals surface area (Å²) in [6.45, 7) is 2.29. The molecule has 0 unspecified atom stereocenters. The minimum atomic E-state index is -0.742. The van der Waals surface area contributed by atoms with Crippen molar-refractivity contribution < 1.29 is 8.78 Å². The lowest BCUT2D eigenvalue weighted by Crippen LogP contribution is -2.14. The van der Waals surface area contributed by atoms with Crippen LogP contribution in [0.1, 0.15) is 82.6 Å². The molecule has 25 heavy (non-hydrogen) atoms. The molecule has 3 rings (SSSR count). The van der Waals surface area contributed by atoms with E-state index in [1.54, 1.807) is 6.07 Å². The molecule has 0 aliphatic heterocycles. The van der Waals surface area contributed by atoms with Crippen LogP contribution >= 0.6 is 0 Å². The molecular formula is C23H32F2. The van der Waals surface area contributed by atoms with Gasteiger partial charge in [0.15, 0.2) is 11.6 Å². The van der Waals surface area contributed by atoms with Gasteiger partial charge in [-0.1, -0.05) is 38.0 Å². The minimum Gasteiger partial charge on any atom is -0.204 e. The fourth-order valence-electron chi connectivity index (χ4n) is 4.80. The first kappa shape index (κ1) is 18.6. The Morgan fingerprint density at radius 3 is 2.00 bits per heavy atom. The lowest BCUT2D eigenvalue weighted by atomic mass is 9.77. The van der Waals surface area contributed by atoms with Crippen molar-refractivity contribution in [2.75, 3.05) is 0 Å². The highest BCUT2D eigenvalue weighted by Crippen LogP contribution is 2.38. The first-order valence-corrected chi connectivity index (χ1v) is 10.3. The van der Waals surface area contributed by atoms with E-state index in [1.807, 2.05) is 0 Å². The first-order valence-electron chi connectivity index (χ1n) is 10.3. The van der Waals surface area contributed by atoms with Crippen LogP contribution in [0.5, 0.6) is 0 Å². The van der Waals surface area contributed by atoms with Crippen molar-refractivity contribution in [3.63, 3.8) is 0 Å². The Labute approximate surface area is 151 Å². The molecule has 0 atom stereocenters. The summed E-state index contributed by atoms with van der Waals surface area (Å²) in [5.41, 5.74) is 0.968. The van der Waals surface area contributed by atoms with E-state index in [-0.39, 0.29) is 0 Å². The van der Waals surface area contributed by atoms with Gasteiger partial charge in [0.25, 0.3) is 0 Å². The van der Waals surface area contributed by atoms with E-state index in [0.29, 0.717) is 11.8 Å². The average molecular weight is 347 g/mol. The van der Waals surface area contributed by atoms with Gasteiger partial charge >= 0.3 is 0 Å². The Balaban J connectivity index is 1.44. The lowest BCUT2D eigenvalue weighted by molar-refractivity contribution is 0.292. The number of hydrogen-bond donors (Lipinski definition) is 0. The van der Waals surface area contributed by atoms with E-state index in [2.05, 4.69) is 19.1 Å². The van der Waals surface area contributed by atoms with E-state index in [1.165, 1.54) is 63.5 Å². The summed E-state index contributed by atoms with van der Waals surface area (Å²) in [6.07, 6.45) is 17.8. The molecule has 0 saturated heterocycles. The van der Waals surface area contributed by atoms with Gasteiger partial charge in [-0.05, 0) is 92.7 Å². The molecule has 138 valence electrons. The fraction of sp³-hybridized carbons (Fsp3) is 0.652. The molecule has 0 aromatic heterocycles. The Morgan fingerprint density at radius 2 is 1.44 bits per heavy atom. The molecule has 0 nitrogen and oxygen atoms in total. The van der Waals surface area contributed by atoms with Crippen LogP contribution in [-0.4, -0.2) is 0 Å². The number of benzene rings is 1. The van der Waals surface area contributed by atoms with Gasteiger partial charge in [-0.3, -0.25) is 0 Å². The summed E-state index contributed by atoms with van der Waals surface area (Å²) >= 11 is 0. The highest BCUT2D eigenvalue weighted by Gasteiger charge is 2.23. The third kappa shape index (κ3) is 5.15. The molecule has 2 aliphatic carbocycles. The molecule has 2 aliphatic rings. The van der Waals surface area contributed by atoms with Gasteiger partial charge in [-0.2, -0.15) is 0 Å². The average Bonchev–Trinajstić information content (AvgIpc) is 2.64. The van der Waals surface area contributed by atoms with Gasteiger partial charge in [0.05, 0.1) is 0 Å². The van der Waals surface area contributed by atoms with Crippen molar-refractivity contribution in [2.45, 2.75) is 77.0 Å². The smallest absolute Gasteiger partial charge is 0.159 e. The van der Waals surface area contributed by atoms with Crippen LogP contribution < -0.4 is 0 Å². The van der Waals surface area contributed by atoms with E-state index < -0.39 is 11.6 Å². The summed E-state index contributed by atoms with van der Waals surface area (Å²) < 4.78 is 26.5. The fourth-order valence-corrected chi connectivity index (χ4v) is 4.80. The topological polar surface area (TPSA) is 0 Å². The Morgan fingerprint density at radius 1 is 0.840 bits per heavy atom. The zero-order valence-corrected chi connectivity index (χ0v) is 15.5. The van der Waals surface area contributed by atoms with Gasteiger partial charge in [-0.25, -0.2) is 8.78 Å². The van der Waals surface area contributed by atoms with Crippen LogP contribution in [0.2, 0.25) is 0 Å².